The van der Waals surface area contributed by atoms with Crippen molar-refractivity contribution in [3.8, 4) is 23.1 Å². The van der Waals surface area contributed by atoms with Gasteiger partial charge in [0.25, 0.3) is 27.5 Å². The normalized spacial score (nSPS) is 25.2. The second-order valence-electron chi connectivity index (χ2n) is 22.2. The second kappa shape index (κ2) is 20.3. The number of aliphatic hydroxyl groups is 1. The van der Waals surface area contributed by atoms with Crippen molar-refractivity contribution in [3.05, 3.63) is 99.7 Å². The molecule has 2 saturated carbocycles. The predicted molar refractivity (Wildman–Crippen MR) is 280 cm³/mol. The van der Waals surface area contributed by atoms with Crippen LogP contribution in [0.3, 0.4) is 0 Å². The fraction of sp³-hybridized carbons (Fsp3) is 0.527. The monoisotopic (exact) mass is 1030 g/mol. The molecule has 3 saturated heterocycles. The van der Waals surface area contributed by atoms with Gasteiger partial charge in [-0.15, -0.1) is 0 Å². The molecule has 1 spiro atoms. The van der Waals surface area contributed by atoms with Crippen LogP contribution >= 0.6 is 0 Å². The molecule has 5 N–H and O–H groups in total. The highest BCUT2D eigenvalue weighted by molar-refractivity contribution is 7.90. The predicted octanol–water partition coefficient (Wildman–Crippen LogP) is 8.57. The molecule has 394 valence electrons. The van der Waals surface area contributed by atoms with Gasteiger partial charge in [0, 0.05) is 67.2 Å². The molecule has 3 atom stereocenters. The molecule has 6 aliphatic rings. The van der Waals surface area contributed by atoms with Gasteiger partial charge in [0.2, 0.25) is 0 Å². The molecular weight excluding hydrogens is 965 g/mol. The lowest BCUT2D eigenvalue weighted by Crippen LogP contribution is -2.54. The molecule has 0 radical (unpaired) electrons. The molecule has 18 nitrogen and oxygen atoms in total. The van der Waals surface area contributed by atoms with E-state index in [0.717, 1.165) is 49.6 Å². The molecule has 74 heavy (non-hydrogen) atoms. The zero-order valence-corrected chi connectivity index (χ0v) is 43.3. The number of carbonyl (C=O) groups is 1. The van der Waals surface area contributed by atoms with Gasteiger partial charge in [-0.2, -0.15) is 4.98 Å². The maximum absolute atomic E-state index is 14.5. The summed E-state index contributed by atoms with van der Waals surface area (Å²) in [5.41, 5.74) is 3.29. The molecule has 2 aliphatic carbocycles. The van der Waals surface area contributed by atoms with Crippen molar-refractivity contribution < 1.29 is 42.2 Å². The first-order chi connectivity index (χ1) is 35.6. The highest BCUT2D eigenvalue weighted by atomic mass is 32.2. The lowest BCUT2D eigenvalue weighted by molar-refractivity contribution is -0.384. The van der Waals surface area contributed by atoms with Gasteiger partial charge < -0.3 is 44.6 Å². The van der Waals surface area contributed by atoms with Crippen LogP contribution in [0.1, 0.15) is 118 Å². The number of sulfonamides is 1. The second-order valence-corrected chi connectivity index (χ2v) is 23.8. The van der Waals surface area contributed by atoms with Crippen LogP contribution in [0.15, 0.2) is 77.8 Å². The number of nitrogens with one attached hydrogen (secondary N) is 4. The quantitative estimate of drug-likeness (QED) is 0.0519. The highest BCUT2D eigenvalue weighted by Gasteiger charge is 2.50. The molecule has 5 fully saturated rings. The average molecular weight is 1030 g/mol. The van der Waals surface area contributed by atoms with E-state index in [0.29, 0.717) is 69.1 Å². The van der Waals surface area contributed by atoms with Gasteiger partial charge in [-0.3, -0.25) is 19.8 Å². The summed E-state index contributed by atoms with van der Waals surface area (Å²) < 4.78 is 55.2. The topological polar surface area (TPSA) is 223 Å². The number of pyridine rings is 1. The number of hydrogen-bond donors (Lipinski definition) is 5. The zero-order chi connectivity index (χ0) is 51.4. The number of likely N-dealkylation sites (tertiary alicyclic amines) is 1. The number of ether oxygens (including phenoxy) is 4. The number of rotatable bonds is 14. The third-order valence-corrected chi connectivity index (χ3v) is 18.1. The number of fused-ring (bicyclic) bond motifs is 2. The third kappa shape index (κ3) is 10.2. The first kappa shape index (κ1) is 50.2. The number of benzene rings is 3. The molecular formula is C55H68N8O10S. The van der Waals surface area contributed by atoms with Gasteiger partial charge in [-0.25, -0.2) is 13.1 Å². The summed E-state index contributed by atoms with van der Waals surface area (Å²) in [5, 5.41) is 30.4. The molecule has 2 aromatic heterocycles. The number of aromatic amines is 1. The van der Waals surface area contributed by atoms with Crippen molar-refractivity contribution in [1.82, 2.24) is 24.9 Å². The van der Waals surface area contributed by atoms with E-state index < -0.39 is 37.0 Å². The minimum atomic E-state index is -4.73. The van der Waals surface area contributed by atoms with Crippen LogP contribution in [-0.4, -0.2) is 116 Å². The summed E-state index contributed by atoms with van der Waals surface area (Å²) in [7, 11) is -4.73. The summed E-state index contributed by atoms with van der Waals surface area (Å²) in [5.74, 6) is -0.00159. The maximum atomic E-state index is 14.5. The number of hydrogen-bond acceptors (Lipinski definition) is 15. The van der Waals surface area contributed by atoms with Gasteiger partial charge in [0.1, 0.15) is 24.6 Å². The van der Waals surface area contributed by atoms with Crippen LogP contribution < -0.4 is 34.5 Å². The number of piperidine rings is 1. The molecule has 6 heterocycles. The number of aromatic nitrogens is 2. The van der Waals surface area contributed by atoms with Crippen LogP contribution in [0.25, 0.3) is 11.0 Å². The number of nitro benzene ring substituents is 1. The van der Waals surface area contributed by atoms with Crippen molar-refractivity contribution in [2.24, 2.45) is 11.3 Å². The lowest BCUT2D eigenvalue weighted by atomic mass is 9.59. The number of amides is 1. The third-order valence-electron chi connectivity index (χ3n) is 16.8. The van der Waals surface area contributed by atoms with Crippen molar-refractivity contribution in [3.63, 3.8) is 0 Å². The minimum Gasteiger partial charge on any atom is -0.489 e. The SMILES string of the molecule is CC(C)c1ccccc1[C@H]1CCCN1C1CC2(CCN(c3ccc(C(=O)NS(=O)(=O)c4cc5c(c([N+](=O)[O-])c4)N[C@@H]([C@H]4CC[C@](C)(O)CC4)CO5)c(Oc4cc5cc[nH]c5nc4OC[C@@H]4COCCN4)c3)CC2)C1. The minimum absolute atomic E-state index is 0.0111. The summed E-state index contributed by atoms with van der Waals surface area (Å²) in [6.07, 6.45) is 11.1. The van der Waals surface area contributed by atoms with Gasteiger partial charge in [0.05, 0.1) is 46.3 Å². The van der Waals surface area contributed by atoms with E-state index in [-0.39, 0.29) is 71.0 Å². The summed E-state index contributed by atoms with van der Waals surface area (Å²) >= 11 is 0. The molecule has 11 rings (SSSR count). The van der Waals surface area contributed by atoms with E-state index in [1.165, 1.54) is 42.9 Å². The Balaban J connectivity index is 0.843. The van der Waals surface area contributed by atoms with E-state index in [9.17, 15) is 28.4 Å². The fourth-order valence-corrected chi connectivity index (χ4v) is 13.5. The maximum Gasteiger partial charge on any atom is 0.297 e. The van der Waals surface area contributed by atoms with Crippen LogP contribution in [-0.2, 0) is 14.8 Å². The number of carbonyl (C=O) groups excluding carboxylic acids is 1. The lowest BCUT2D eigenvalue weighted by Gasteiger charge is -2.56. The number of anilines is 2. The van der Waals surface area contributed by atoms with Crippen LogP contribution in [0.2, 0.25) is 0 Å². The molecule has 5 aromatic rings. The molecule has 3 aromatic carbocycles. The average Bonchev–Trinajstić information content (AvgIpc) is 4.07. The van der Waals surface area contributed by atoms with Crippen LogP contribution in [0, 0.1) is 21.4 Å². The van der Waals surface area contributed by atoms with Gasteiger partial charge in [-0.05, 0) is 130 Å². The Morgan fingerprint density at radius 1 is 1.00 bits per heavy atom. The highest BCUT2D eigenvalue weighted by Crippen LogP contribution is 2.54. The number of nitrogens with zero attached hydrogens (tertiary/aromatic N) is 4. The van der Waals surface area contributed by atoms with Crippen molar-refractivity contribution in [2.75, 3.05) is 62.8 Å². The summed E-state index contributed by atoms with van der Waals surface area (Å²) in [6, 6.07) is 20.5. The molecule has 4 aliphatic heterocycles. The Hall–Kier alpha value is -5.99. The Bertz CT molecular complexity index is 3000. The summed E-state index contributed by atoms with van der Waals surface area (Å²) in [4.78, 5) is 38.8. The van der Waals surface area contributed by atoms with Gasteiger partial charge >= 0.3 is 0 Å². The first-order valence-electron chi connectivity index (χ1n) is 26.5. The Morgan fingerprint density at radius 3 is 2.55 bits per heavy atom. The standard InChI is InChI=1S/C55H68N8O10S/c1-34(2)41-7-4-5-8-42(41)45-9-6-21-62(45)39-29-55(30-39)17-22-61(23-18-55)38-10-11-43(47(26-38)73-49-25-36-14-19-57-51(36)59-53(49)72-32-37-31-70-24-20-56-37)52(64)60-74(68,69)40-27-46(63(66)67)50-48(28-40)71-33-44(58-50)35-12-15-54(3,65)16-13-35/h4-5,7-8,10-11,14,19,25-28,34-35,37,39,44-45,56,58,65H,6,9,12-13,15-18,20-24,29-33H2,1-3H3,(H,57,59)(H,60,64)/t35-,37-,44+,45+,54-/m0/s1. The van der Waals surface area contributed by atoms with E-state index in [1.54, 1.807) is 24.4 Å². The molecule has 19 heteroatoms. The Kier molecular flexibility index (Phi) is 13.7. The molecule has 1 amide bonds. The van der Waals surface area contributed by atoms with Crippen molar-refractivity contribution in [2.45, 2.75) is 126 Å². The van der Waals surface area contributed by atoms with Crippen molar-refractivity contribution in [1.29, 1.82) is 0 Å². The Morgan fingerprint density at radius 2 is 1.80 bits per heavy atom. The smallest absolute Gasteiger partial charge is 0.297 e. The van der Waals surface area contributed by atoms with E-state index in [2.05, 4.69) is 68.3 Å². The number of morpholine rings is 1. The van der Waals surface area contributed by atoms with Crippen LogP contribution in [0.4, 0.5) is 17.1 Å². The van der Waals surface area contributed by atoms with Crippen LogP contribution in [0.5, 0.6) is 23.1 Å². The largest absolute Gasteiger partial charge is 0.489 e. The van der Waals surface area contributed by atoms with Gasteiger partial charge in [0.15, 0.2) is 17.2 Å². The van der Waals surface area contributed by atoms with Crippen molar-refractivity contribution >= 4 is 44.0 Å². The number of nitro groups is 1. The Labute approximate surface area is 432 Å². The van der Waals surface area contributed by atoms with E-state index in [4.69, 9.17) is 23.9 Å². The van der Waals surface area contributed by atoms with Gasteiger partial charge in [-0.1, -0.05) is 38.1 Å². The van der Waals surface area contributed by atoms with E-state index >= 15 is 0 Å². The fourth-order valence-electron chi connectivity index (χ4n) is 12.5. The zero-order valence-electron chi connectivity index (χ0n) is 42.4. The summed E-state index contributed by atoms with van der Waals surface area (Å²) in [6.45, 7) is 11.2. The van der Waals surface area contributed by atoms with E-state index in [1.807, 2.05) is 19.1 Å². The first-order valence-corrected chi connectivity index (χ1v) is 27.9. The molecule has 0 bridgehead atoms. The molecule has 0 unspecified atom stereocenters. The number of H-pyrrole nitrogens is 1.